The number of amides is 1. The summed E-state index contributed by atoms with van der Waals surface area (Å²) in [5.74, 6) is 0.649. The second-order valence-corrected chi connectivity index (χ2v) is 8.67. The summed E-state index contributed by atoms with van der Waals surface area (Å²) < 4.78 is 13.7. The van der Waals surface area contributed by atoms with Crippen molar-refractivity contribution in [2.45, 2.75) is 25.8 Å². The smallest absolute Gasteiger partial charge is 0.352 e. The van der Waals surface area contributed by atoms with E-state index < -0.39 is 11.6 Å². The van der Waals surface area contributed by atoms with Crippen molar-refractivity contribution in [2.24, 2.45) is 0 Å². The first-order valence-corrected chi connectivity index (χ1v) is 11.4. The second kappa shape index (κ2) is 8.70. The number of piperidine rings is 1. The van der Waals surface area contributed by atoms with Crippen LogP contribution in [0.4, 0.5) is 10.8 Å². The summed E-state index contributed by atoms with van der Waals surface area (Å²) in [5.41, 5.74) is 1.09. The zero-order valence-corrected chi connectivity index (χ0v) is 19.1. The summed E-state index contributed by atoms with van der Waals surface area (Å²) in [6.45, 7) is 1.69. The molecule has 5 rings (SSSR count). The molecule has 4 heterocycles. The highest BCUT2D eigenvalue weighted by atomic mass is 32.1. The molecular formula is C21H23N7O4S. The van der Waals surface area contributed by atoms with Crippen molar-refractivity contribution in [3.05, 3.63) is 35.0 Å². The SMILES string of the molecule is COc1ccc(NC(=O)Cn2nc3c4sc(N5CCCCC5)nc4ncn3c2=O)cc1OC. The quantitative estimate of drug-likeness (QED) is 0.457. The first-order valence-electron chi connectivity index (χ1n) is 10.6. The molecule has 0 spiro atoms. The number of anilines is 2. The van der Waals surface area contributed by atoms with Gasteiger partial charge in [0.15, 0.2) is 27.9 Å². The molecule has 1 fully saturated rings. The summed E-state index contributed by atoms with van der Waals surface area (Å²) in [6, 6.07) is 5.03. The van der Waals surface area contributed by atoms with Crippen molar-refractivity contribution < 1.29 is 14.3 Å². The van der Waals surface area contributed by atoms with Gasteiger partial charge in [-0.05, 0) is 31.4 Å². The normalized spacial score (nSPS) is 14.1. The van der Waals surface area contributed by atoms with Gasteiger partial charge in [-0.3, -0.25) is 4.79 Å². The lowest BCUT2D eigenvalue weighted by Gasteiger charge is -2.25. The summed E-state index contributed by atoms with van der Waals surface area (Å²) in [6.07, 6.45) is 4.93. The molecule has 0 radical (unpaired) electrons. The molecule has 1 aliphatic rings. The van der Waals surface area contributed by atoms with Crippen LogP contribution in [-0.2, 0) is 11.3 Å². The van der Waals surface area contributed by atoms with E-state index in [1.807, 2.05) is 0 Å². The Hall–Kier alpha value is -3.67. The number of hydrogen-bond acceptors (Lipinski definition) is 9. The van der Waals surface area contributed by atoms with Crippen LogP contribution < -0.4 is 25.4 Å². The lowest BCUT2D eigenvalue weighted by atomic mass is 10.1. The van der Waals surface area contributed by atoms with Crippen LogP contribution in [0.5, 0.6) is 11.5 Å². The van der Waals surface area contributed by atoms with Crippen LogP contribution in [0.2, 0.25) is 0 Å². The van der Waals surface area contributed by atoms with E-state index in [1.165, 1.54) is 42.7 Å². The fourth-order valence-electron chi connectivity index (χ4n) is 3.90. The standard InChI is InChI=1S/C21H23N7O4S/c1-31-14-7-6-13(10-15(14)32-2)23-16(29)11-28-21(30)27-12-22-18-17(19(27)25-28)33-20(24-18)26-8-4-3-5-9-26/h6-7,10,12H,3-5,8-9,11H2,1-2H3,(H,23,29). The molecule has 0 atom stereocenters. The minimum Gasteiger partial charge on any atom is -0.493 e. The lowest BCUT2D eigenvalue weighted by Crippen LogP contribution is -2.29. The molecule has 33 heavy (non-hydrogen) atoms. The number of rotatable bonds is 6. The van der Waals surface area contributed by atoms with Gasteiger partial charge in [0.05, 0.1) is 14.2 Å². The largest absolute Gasteiger partial charge is 0.493 e. The maximum Gasteiger partial charge on any atom is 0.352 e. The average molecular weight is 470 g/mol. The number of carbonyl (C=O) groups excluding carboxylic acids is 1. The Labute approximate surface area is 192 Å². The number of nitrogens with zero attached hydrogens (tertiary/aromatic N) is 6. The first-order chi connectivity index (χ1) is 16.1. The molecule has 1 aliphatic heterocycles. The highest BCUT2D eigenvalue weighted by Crippen LogP contribution is 2.31. The van der Waals surface area contributed by atoms with Crippen LogP contribution in [0, 0.1) is 0 Å². The Morgan fingerprint density at radius 1 is 1.15 bits per heavy atom. The van der Waals surface area contributed by atoms with Crippen LogP contribution in [0.15, 0.2) is 29.3 Å². The van der Waals surface area contributed by atoms with Crippen LogP contribution in [-0.4, -0.2) is 57.4 Å². The summed E-state index contributed by atoms with van der Waals surface area (Å²) in [5, 5.41) is 8.06. The molecular weight excluding hydrogens is 446 g/mol. The topological polar surface area (TPSA) is 116 Å². The van der Waals surface area contributed by atoms with E-state index in [9.17, 15) is 9.59 Å². The molecule has 0 unspecified atom stereocenters. The Morgan fingerprint density at radius 3 is 2.70 bits per heavy atom. The van der Waals surface area contributed by atoms with E-state index in [1.54, 1.807) is 18.2 Å². The third-order valence-corrected chi connectivity index (χ3v) is 6.66. The predicted octanol–water partition coefficient (Wildman–Crippen LogP) is 2.15. The van der Waals surface area contributed by atoms with Gasteiger partial charge >= 0.3 is 5.69 Å². The summed E-state index contributed by atoms with van der Waals surface area (Å²) in [4.78, 5) is 36.7. The number of benzene rings is 1. The van der Waals surface area contributed by atoms with Crippen LogP contribution in [0.25, 0.3) is 16.0 Å². The van der Waals surface area contributed by atoms with Crippen LogP contribution in [0.1, 0.15) is 19.3 Å². The third kappa shape index (κ3) is 3.97. The first kappa shape index (κ1) is 21.2. The Kier molecular flexibility index (Phi) is 5.58. The molecule has 0 bridgehead atoms. The maximum absolute atomic E-state index is 12.8. The Morgan fingerprint density at radius 2 is 1.94 bits per heavy atom. The fourth-order valence-corrected chi connectivity index (χ4v) is 4.95. The van der Waals surface area contributed by atoms with Gasteiger partial charge in [0.2, 0.25) is 5.91 Å². The highest BCUT2D eigenvalue weighted by molar-refractivity contribution is 7.22. The molecule has 0 saturated carbocycles. The molecule has 4 aromatic rings. The highest BCUT2D eigenvalue weighted by Gasteiger charge is 2.20. The second-order valence-electron chi connectivity index (χ2n) is 7.69. The number of fused-ring (bicyclic) bond motifs is 3. The van der Waals surface area contributed by atoms with Gasteiger partial charge in [-0.25, -0.2) is 18.9 Å². The zero-order valence-electron chi connectivity index (χ0n) is 18.3. The van der Waals surface area contributed by atoms with E-state index in [0.717, 1.165) is 40.4 Å². The monoisotopic (exact) mass is 469 g/mol. The van der Waals surface area contributed by atoms with Gasteiger partial charge in [-0.15, -0.1) is 5.10 Å². The number of methoxy groups -OCH3 is 2. The maximum atomic E-state index is 12.8. The molecule has 1 saturated heterocycles. The van der Waals surface area contributed by atoms with Crippen molar-refractivity contribution in [1.29, 1.82) is 0 Å². The van der Waals surface area contributed by atoms with Gasteiger partial charge in [0.25, 0.3) is 0 Å². The minimum atomic E-state index is -0.435. The van der Waals surface area contributed by atoms with E-state index >= 15 is 0 Å². The molecule has 11 nitrogen and oxygen atoms in total. The molecule has 1 N–H and O–H groups in total. The van der Waals surface area contributed by atoms with Crippen molar-refractivity contribution in [3.8, 4) is 11.5 Å². The van der Waals surface area contributed by atoms with E-state index in [4.69, 9.17) is 9.47 Å². The molecule has 172 valence electrons. The van der Waals surface area contributed by atoms with Crippen molar-refractivity contribution in [2.75, 3.05) is 37.5 Å². The number of thiazole rings is 1. The minimum absolute atomic E-state index is 0.242. The van der Waals surface area contributed by atoms with E-state index in [0.29, 0.717) is 28.5 Å². The van der Waals surface area contributed by atoms with Crippen LogP contribution >= 0.6 is 11.3 Å². The Balaban J connectivity index is 1.40. The number of carbonyl (C=O) groups is 1. The molecule has 12 heteroatoms. The summed E-state index contributed by atoms with van der Waals surface area (Å²) in [7, 11) is 3.06. The van der Waals surface area contributed by atoms with Gasteiger partial charge in [-0.1, -0.05) is 11.3 Å². The van der Waals surface area contributed by atoms with Crippen molar-refractivity contribution >= 4 is 44.1 Å². The number of hydrogen-bond donors (Lipinski definition) is 1. The molecule has 3 aromatic heterocycles. The van der Waals surface area contributed by atoms with E-state index in [2.05, 4.69) is 25.3 Å². The number of ether oxygens (including phenoxy) is 2. The fraction of sp³-hybridized carbons (Fsp3) is 0.381. The number of aromatic nitrogens is 5. The third-order valence-electron chi connectivity index (χ3n) is 5.55. The van der Waals surface area contributed by atoms with Gasteiger partial charge < -0.3 is 19.7 Å². The lowest BCUT2D eigenvalue weighted by molar-refractivity contribution is -0.117. The number of nitrogens with one attached hydrogen (secondary N) is 1. The van der Waals surface area contributed by atoms with Crippen molar-refractivity contribution in [1.82, 2.24) is 24.1 Å². The van der Waals surface area contributed by atoms with E-state index in [-0.39, 0.29) is 6.54 Å². The molecule has 1 aromatic carbocycles. The van der Waals surface area contributed by atoms with Gasteiger partial charge in [-0.2, -0.15) is 4.98 Å². The molecule has 0 aliphatic carbocycles. The van der Waals surface area contributed by atoms with Gasteiger partial charge in [0, 0.05) is 24.8 Å². The Bertz CT molecular complexity index is 1390. The summed E-state index contributed by atoms with van der Waals surface area (Å²) >= 11 is 1.47. The molecule has 1 amide bonds. The average Bonchev–Trinajstić information content (AvgIpc) is 3.41. The predicted molar refractivity (Wildman–Crippen MR) is 125 cm³/mol. The van der Waals surface area contributed by atoms with Gasteiger partial charge in [0.1, 0.15) is 17.6 Å². The van der Waals surface area contributed by atoms with Crippen molar-refractivity contribution in [3.63, 3.8) is 0 Å². The zero-order chi connectivity index (χ0) is 22.9. The van der Waals surface area contributed by atoms with Crippen LogP contribution in [0.3, 0.4) is 0 Å².